The van der Waals surface area contributed by atoms with Crippen molar-refractivity contribution in [3.63, 3.8) is 0 Å². The highest BCUT2D eigenvalue weighted by Gasteiger charge is 2.28. The first-order valence-corrected chi connectivity index (χ1v) is 19.9. The van der Waals surface area contributed by atoms with Crippen molar-refractivity contribution >= 4 is 63.9 Å². The van der Waals surface area contributed by atoms with Gasteiger partial charge in [0, 0.05) is 59.8 Å². The third-order valence-corrected chi connectivity index (χ3v) is 11.7. The highest BCUT2D eigenvalue weighted by Crippen LogP contribution is 2.32. The van der Waals surface area contributed by atoms with Gasteiger partial charge >= 0.3 is 12.2 Å². The Morgan fingerprint density at radius 3 is 1.87 bits per heavy atom. The van der Waals surface area contributed by atoms with E-state index in [-0.39, 0.29) is 25.4 Å². The molecule has 16 heteroatoms. The number of rotatable bonds is 10. The van der Waals surface area contributed by atoms with Crippen LogP contribution in [-0.4, -0.2) is 88.9 Å². The van der Waals surface area contributed by atoms with Crippen LogP contribution < -0.4 is 10.5 Å². The quantitative estimate of drug-likeness (QED) is 0.134. The van der Waals surface area contributed by atoms with Crippen LogP contribution in [0.1, 0.15) is 70.6 Å². The number of piperidine rings is 2. The highest BCUT2D eigenvalue weighted by molar-refractivity contribution is 7.17. The molecule has 0 aromatic carbocycles. The zero-order chi connectivity index (χ0) is 38.3. The number of aromatic amines is 2. The van der Waals surface area contributed by atoms with Crippen LogP contribution in [0.3, 0.4) is 0 Å². The van der Waals surface area contributed by atoms with Gasteiger partial charge in [0.05, 0.1) is 21.5 Å². The third-order valence-electron chi connectivity index (χ3n) is 9.18. The fourth-order valence-electron chi connectivity index (χ4n) is 6.19. The number of aromatic nitrogens is 4. The predicted octanol–water partition coefficient (Wildman–Crippen LogP) is 8.93. The summed E-state index contributed by atoms with van der Waals surface area (Å²) in [6.45, 7) is 14.5. The molecule has 4 aromatic heterocycles. The lowest BCUT2D eigenvalue weighted by Crippen LogP contribution is -2.38. The first kappa shape index (κ1) is 41.8. The number of nitrogens with one attached hydrogen (secondary N) is 2. The van der Waals surface area contributed by atoms with Crippen LogP contribution in [0.4, 0.5) is 15.4 Å². The average molecular weight is 807 g/mol. The third kappa shape index (κ3) is 12.3. The van der Waals surface area contributed by atoms with Crippen molar-refractivity contribution in [1.29, 1.82) is 0 Å². The molecular formula is C37H49Cl2N7O5S2. The number of likely N-dealkylation sites (tertiary alicyclic amines) is 2. The number of halogens is 2. The van der Waals surface area contributed by atoms with Gasteiger partial charge in [-0.3, -0.25) is 10.2 Å². The predicted molar refractivity (Wildman–Crippen MR) is 214 cm³/mol. The Bertz CT molecular complexity index is 1770. The largest absolute Gasteiger partial charge is 0.487 e. The number of methoxy groups -OCH3 is 1. The Kier molecular flexibility index (Phi) is 16.6. The van der Waals surface area contributed by atoms with Crippen LogP contribution in [0.2, 0.25) is 8.67 Å². The molecule has 2 saturated heterocycles. The SMILES string of the molecule is C=CCOC(=O)N1CCC(c2[nH]nc(N)c2C)CC1.C=CCOC(=O)N1CCC(c2n[nH]c(CCc3ccc(Cl)s3)c2C)CC1.COc1ccc(Cl)s1. The molecule has 2 amide bonds. The second kappa shape index (κ2) is 21.0. The molecule has 2 aliphatic rings. The van der Waals surface area contributed by atoms with E-state index in [9.17, 15) is 9.59 Å². The zero-order valence-corrected chi connectivity index (χ0v) is 33.6. The fraction of sp³-hybridized carbons (Fsp3) is 0.459. The van der Waals surface area contributed by atoms with Gasteiger partial charge in [-0.15, -0.1) is 11.3 Å². The van der Waals surface area contributed by atoms with Gasteiger partial charge < -0.3 is 29.7 Å². The van der Waals surface area contributed by atoms with E-state index in [1.807, 2.05) is 25.1 Å². The van der Waals surface area contributed by atoms with Crippen LogP contribution in [0.25, 0.3) is 0 Å². The minimum atomic E-state index is -0.265. The number of H-pyrrole nitrogens is 2. The number of aryl methyl sites for hydroxylation is 2. The summed E-state index contributed by atoms with van der Waals surface area (Å²) in [5, 5.41) is 15.7. The van der Waals surface area contributed by atoms with E-state index in [0.717, 1.165) is 69.2 Å². The van der Waals surface area contributed by atoms with Crippen molar-refractivity contribution in [2.45, 2.75) is 64.2 Å². The van der Waals surface area contributed by atoms with Crippen LogP contribution in [0.15, 0.2) is 49.6 Å². The monoisotopic (exact) mass is 805 g/mol. The molecule has 2 fully saturated rings. The van der Waals surface area contributed by atoms with Gasteiger partial charge in [-0.25, -0.2) is 9.59 Å². The van der Waals surface area contributed by atoms with Crippen LogP contribution in [0, 0.1) is 13.8 Å². The normalized spacial score (nSPS) is 14.7. The molecule has 0 atom stereocenters. The number of hydrogen-bond acceptors (Lipinski definition) is 10. The summed E-state index contributed by atoms with van der Waals surface area (Å²) >= 11 is 14.6. The highest BCUT2D eigenvalue weighted by atomic mass is 35.5. The average Bonchev–Trinajstić information content (AvgIpc) is 3.97. The van der Waals surface area contributed by atoms with Crippen molar-refractivity contribution in [3.8, 4) is 5.06 Å². The van der Waals surface area contributed by atoms with Crippen molar-refractivity contribution in [1.82, 2.24) is 30.2 Å². The van der Waals surface area contributed by atoms with Gasteiger partial charge in [-0.05, 0) is 82.2 Å². The van der Waals surface area contributed by atoms with E-state index in [4.69, 9.17) is 43.1 Å². The summed E-state index contributed by atoms with van der Waals surface area (Å²) < 4.78 is 16.6. The number of carbonyl (C=O) groups is 2. The lowest BCUT2D eigenvalue weighted by Gasteiger charge is -2.30. The standard InChI is InChI=1S/C19H24ClN3O2S.C13H20N4O2.C5H5ClOS/c1-3-12-25-19(24)23-10-8-14(9-11-23)18-13(2)16(21-22-18)6-4-15-5-7-17(20)26-15;1-3-8-19-13(18)17-6-4-10(5-7-17)11-9(2)12(14)16-15-11;1-7-5-3-2-4(6)8-5/h3,5,7,14H,1,4,6,8-12H2,2H3,(H,21,22);3,10H,1,4-8H2,2H3,(H3,14,15,16);2-3H,1H3. The Labute approximate surface area is 329 Å². The number of carbonyl (C=O) groups excluding carboxylic acids is 2. The molecule has 6 heterocycles. The van der Waals surface area contributed by atoms with Crippen molar-refractivity contribution in [2.75, 3.05) is 52.2 Å². The van der Waals surface area contributed by atoms with Gasteiger partial charge in [0.15, 0.2) is 5.06 Å². The molecule has 4 N–H and O–H groups in total. The van der Waals surface area contributed by atoms with E-state index >= 15 is 0 Å². The molecule has 288 valence electrons. The van der Waals surface area contributed by atoms with E-state index in [2.05, 4.69) is 46.5 Å². The van der Waals surface area contributed by atoms with Gasteiger partial charge in [0.25, 0.3) is 0 Å². The number of ether oxygens (including phenoxy) is 3. The zero-order valence-electron chi connectivity index (χ0n) is 30.5. The van der Waals surface area contributed by atoms with Gasteiger partial charge in [-0.1, -0.05) is 59.8 Å². The number of thiophene rings is 2. The Hall–Kier alpha value is -3.98. The summed E-state index contributed by atoms with van der Waals surface area (Å²) in [6.07, 6.45) is 8.15. The smallest absolute Gasteiger partial charge is 0.410 e. The summed E-state index contributed by atoms with van der Waals surface area (Å²) in [7, 11) is 1.63. The fourth-order valence-corrected chi connectivity index (χ4v) is 8.11. The van der Waals surface area contributed by atoms with Crippen LogP contribution >= 0.6 is 45.9 Å². The number of hydrogen-bond donors (Lipinski definition) is 3. The molecule has 53 heavy (non-hydrogen) atoms. The summed E-state index contributed by atoms with van der Waals surface area (Å²) in [5.41, 5.74) is 11.4. The van der Waals surface area contributed by atoms with E-state index in [0.29, 0.717) is 43.8 Å². The minimum absolute atomic E-state index is 0.252. The lowest BCUT2D eigenvalue weighted by molar-refractivity contribution is 0.101. The Morgan fingerprint density at radius 1 is 0.849 bits per heavy atom. The number of amides is 2. The number of anilines is 1. The topological polar surface area (TPSA) is 152 Å². The number of nitrogens with two attached hydrogens (primary N) is 1. The van der Waals surface area contributed by atoms with E-state index < -0.39 is 0 Å². The van der Waals surface area contributed by atoms with E-state index in [1.54, 1.807) is 40.4 Å². The van der Waals surface area contributed by atoms with Crippen molar-refractivity contribution in [2.24, 2.45) is 0 Å². The molecule has 0 aliphatic carbocycles. The minimum Gasteiger partial charge on any atom is -0.487 e. The maximum absolute atomic E-state index is 11.9. The molecule has 0 radical (unpaired) electrons. The second-order valence-electron chi connectivity index (χ2n) is 12.6. The molecular weight excluding hydrogens is 757 g/mol. The van der Waals surface area contributed by atoms with E-state index in [1.165, 1.54) is 27.5 Å². The molecule has 0 unspecified atom stereocenters. The summed E-state index contributed by atoms with van der Waals surface area (Å²) in [4.78, 5) is 28.4. The molecule has 0 bridgehead atoms. The summed E-state index contributed by atoms with van der Waals surface area (Å²) in [5.74, 6) is 1.33. The first-order chi connectivity index (χ1) is 25.5. The maximum atomic E-state index is 11.9. The van der Waals surface area contributed by atoms with Crippen molar-refractivity contribution in [3.05, 3.63) is 91.3 Å². The molecule has 6 rings (SSSR count). The van der Waals surface area contributed by atoms with Crippen LogP contribution in [0.5, 0.6) is 5.06 Å². The maximum Gasteiger partial charge on any atom is 0.410 e. The van der Waals surface area contributed by atoms with Gasteiger partial charge in [0.1, 0.15) is 19.0 Å². The molecule has 2 aliphatic heterocycles. The molecule has 0 saturated carbocycles. The molecule has 0 spiro atoms. The lowest BCUT2D eigenvalue weighted by atomic mass is 9.91. The van der Waals surface area contributed by atoms with Gasteiger partial charge in [0.2, 0.25) is 0 Å². The van der Waals surface area contributed by atoms with Gasteiger partial charge in [-0.2, -0.15) is 10.2 Å². The Balaban J connectivity index is 0.000000202. The molecule has 12 nitrogen and oxygen atoms in total. The number of nitrogen functional groups attached to an aromatic ring is 1. The number of nitrogens with zero attached hydrogens (tertiary/aromatic N) is 4. The van der Waals surface area contributed by atoms with Crippen molar-refractivity contribution < 1.29 is 23.8 Å². The van der Waals surface area contributed by atoms with Crippen LogP contribution in [-0.2, 0) is 22.3 Å². The second-order valence-corrected chi connectivity index (χ2v) is 16.1. The summed E-state index contributed by atoms with van der Waals surface area (Å²) in [6, 6.07) is 7.68. The first-order valence-electron chi connectivity index (χ1n) is 17.5. The Morgan fingerprint density at radius 2 is 1.42 bits per heavy atom. The molecule has 4 aromatic rings.